The first-order chi connectivity index (χ1) is 6.86. The third kappa shape index (κ3) is 2.36. The topological polar surface area (TPSA) is 37.2 Å². The lowest BCUT2D eigenvalue weighted by Crippen LogP contribution is -2.35. The van der Waals surface area contributed by atoms with Gasteiger partial charge in [-0.15, -0.1) is 0 Å². The Morgan fingerprint density at radius 2 is 2.64 bits per heavy atom. The highest BCUT2D eigenvalue weighted by atomic mass is 16.3. The van der Waals surface area contributed by atoms with E-state index in [9.17, 15) is 0 Å². The summed E-state index contributed by atoms with van der Waals surface area (Å²) in [5.41, 5.74) is 0. The van der Waals surface area contributed by atoms with E-state index >= 15 is 0 Å². The van der Waals surface area contributed by atoms with Gasteiger partial charge in [-0.05, 0) is 38.4 Å². The monoisotopic (exact) mass is 194 g/mol. The van der Waals surface area contributed by atoms with Crippen molar-refractivity contribution in [2.24, 2.45) is 0 Å². The summed E-state index contributed by atoms with van der Waals surface area (Å²) in [6.07, 6.45) is 4.32. The van der Waals surface area contributed by atoms with Crippen LogP contribution in [-0.4, -0.2) is 19.1 Å². The average molecular weight is 194 g/mol. The lowest BCUT2D eigenvalue weighted by atomic mass is 10.2. The molecule has 78 valence electrons. The first kappa shape index (κ1) is 9.74. The molecule has 2 atom stereocenters. The smallest absolute Gasteiger partial charge is 0.120 e. The molecule has 2 rings (SSSR count). The fourth-order valence-corrected chi connectivity index (χ4v) is 1.89. The lowest BCUT2D eigenvalue weighted by Gasteiger charge is -2.15. The number of nitrogens with one attached hydrogen (secondary N) is 2. The first-order valence-electron chi connectivity index (χ1n) is 5.36. The molecule has 1 saturated heterocycles. The summed E-state index contributed by atoms with van der Waals surface area (Å²) in [4.78, 5) is 0. The van der Waals surface area contributed by atoms with Gasteiger partial charge in [0.05, 0.1) is 12.3 Å². The zero-order valence-electron chi connectivity index (χ0n) is 8.62. The predicted octanol–water partition coefficient (Wildman–Crippen LogP) is 1.68. The second kappa shape index (κ2) is 4.62. The highest BCUT2D eigenvalue weighted by Gasteiger charge is 2.15. The van der Waals surface area contributed by atoms with Gasteiger partial charge in [-0.1, -0.05) is 0 Å². The zero-order chi connectivity index (χ0) is 9.80. The van der Waals surface area contributed by atoms with Crippen molar-refractivity contribution in [3.05, 3.63) is 24.2 Å². The van der Waals surface area contributed by atoms with Crippen LogP contribution >= 0.6 is 0 Å². The van der Waals surface area contributed by atoms with Crippen LogP contribution in [-0.2, 0) is 0 Å². The van der Waals surface area contributed by atoms with Crippen LogP contribution in [0, 0.1) is 0 Å². The highest BCUT2D eigenvalue weighted by molar-refractivity contribution is 5.03. The van der Waals surface area contributed by atoms with Crippen molar-refractivity contribution < 1.29 is 4.42 Å². The van der Waals surface area contributed by atoms with Crippen molar-refractivity contribution in [2.75, 3.05) is 13.1 Å². The zero-order valence-corrected chi connectivity index (χ0v) is 8.62. The van der Waals surface area contributed by atoms with Gasteiger partial charge in [0, 0.05) is 12.6 Å². The quantitative estimate of drug-likeness (QED) is 0.765. The van der Waals surface area contributed by atoms with E-state index in [-0.39, 0.29) is 0 Å². The maximum absolute atomic E-state index is 5.33. The van der Waals surface area contributed by atoms with Crippen molar-refractivity contribution in [3.63, 3.8) is 0 Å². The van der Waals surface area contributed by atoms with Crippen LogP contribution in [0.2, 0.25) is 0 Å². The average Bonchev–Trinajstić information content (AvgIpc) is 2.87. The van der Waals surface area contributed by atoms with E-state index in [2.05, 4.69) is 17.6 Å². The first-order valence-corrected chi connectivity index (χ1v) is 5.36. The Bertz CT molecular complexity index is 252. The van der Waals surface area contributed by atoms with Gasteiger partial charge < -0.3 is 15.1 Å². The van der Waals surface area contributed by atoms with Crippen LogP contribution in [0.1, 0.15) is 31.6 Å². The summed E-state index contributed by atoms with van der Waals surface area (Å²) in [7, 11) is 0. The van der Waals surface area contributed by atoms with Crippen LogP contribution < -0.4 is 10.6 Å². The van der Waals surface area contributed by atoms with Crippen LogP contribution in [0.3, 0.4) is 0 Å². The number of rotatable bonds is 4. The molecular weight excluding hydrogens is 176 g/mol. The van der Waals surface area contributed by atoms with Gasteiger partial charge in [0.1, 0.15) is 5.76 Å². The lowest BCUT2D eigenvalue weighted by molar-refractivity contribution is 0.412. The molecule has 0 saturated carbocycles. The normalized spacial score (nSPS) is 23.9. The van der Waals surface area contributed by atoms with Crippen LogP contribution in [0.5, 0.6) is 0 Å². The molecule has 2 N–H and O–H groups in total. The van der Waals surface area contributed by atoms with E-state index < -0.39 is 0 Å². The molecular formula is C11H18N2O. The van der Waals surface area contributed by atoms with E-state index in [0.29, 0.717) is 12.1 Å². The molecule has 3 nitrogen and oxygen atoms in total. The number of furan rings is 1. The van der Waals surface area contributed by atoms with E-state index in [1.165, 1.54) is 19.4 Å². The van der Waals surface area contributed by atoms with Crippen LogP contribution in [0.25, 0.3) is 0 Å². The van der Waals surface area contributed by atoms with Crippen molar-refractivity contribution in [3.8, 4) is 0 Å². The Balaban J connectivity index is 1.74. The number of hydrogen-bond donors (Lipinski definition) is 2. The number of hydrogen-bond acceptors (Lipinski definition) is 3. The molecule has 1 aromatic rings. The third-order valence-electron chi connectivity index (χ3n) is 2.80. The molecule has 3 heteroatoms. The molecule has 1 aromatic heterocycles. The van der Waals surface area contributed by atoms with E-state index in [1.807, 2.05) is 12.1 Å². The Kier molecular flexibility index (Phi) is 3.22. The van der Waals surface area contributed by atoms with Gasteiger partial charge in [-0.3, -0.25) is 0 Å². The van der Waals surface area contributed by atoms with E-state index in [1.54, 1.807) is 6.26 Å². The second-order valence-corrected chi connectivity index (χ2v) is 3.94. The van der Waals surface area contributed by atoms with Crippen molar-refractivity contribution in [2.45, 2.75) is 31.8 Å². The van der Waals surface area contributed by atoms with E-state index in [0.717, 1.165) is 12.3 Å². The summed E-state index contributed by atoms with van der Waals surface area (Å²) < 4.78 is 5.33. The molecule has 1 aliphatic rings. The second-order valence-electron chi connectivity index (χ2n) is 3.94. The van der Waals surface area contributed by atoms with Gasteiger partial charge >= 0.3 is 0 Å². The Morgan fingerprint density at radius 3 is 3.29 bits per heavy atom. The summed E-state index contributed by atoms with van der Waals surface area (Å²) in [6, 6.07) is 4.90. The molecule has 0 radical (unpaired) electrons. The molecule has 0 bridgehead atoms. The standard InChI is InChI=1S/C11H18N2O/c1-9(11-5-3-7-14-11)13-8-10-4-2-6-12-10/h3,5,7,9-10,12-13H,2,4,6,8H2,1H3/t9-,10-/m0/s1. The minimum atomic E-state index is 0.312. The molecule has 0 aliphatic carbocycles. The Hall–Kier alpha value is -0.800. The fourth-order valence-electron chi connectivity index (χ4n) is 1.89. The molecule has 0 spiro atoms. The largest absolute Gasteiger partial charge is 0.468 e. The van der Waals surface area contributed by atoms with Crippen molar-refractivity contribution >= 4 is 0 Å². The van der Waals surface area contributed by atoms with Crippen molar-refractivity contribution in [1.29, 1.82) is 0 Å². The Labute approximate surface area is 84.9 Å². The van der Waals surface area contributed by atoms with Crippen LogP contribution in [0.15, 0.2) is 22.8 Å². The summed E-state index contributed by atoms with van der Waals surface area (Å²) >= 11 is 0. The van der Waals surface area contributed by atoms with Gasteiger partial charge in [0.25, 0.3) is 0 Å². The van der Waals surface area contributed by atoms with Gasteiger partial charge in [0.15, 0.2) is 0 Å². The molecule has 0 unspecified atom stereocenters. The van der Waals surface area contributed by atoms with E-state index in [4.69, 9.17) is 4.42 Å². The SMILES string of the molecule is C[C@H](NC[C@@H]1CCCN1)c1ccco1. The molecule has 1 fully saturated rings. The predicted molar refractivity (Wildman–Crippen MR) is 56.2 cm³/mol. The fraction of sp³-hybridized carbons (Fsp3) is 0.636. The maximum Gasteiger partial charge on any atom is 0.120 e. The Morgan fingerprint density at radius 1 is 1.71 bits per heavy atom. The minimum absolute atomic E-state index is 0.312. The minimum Gasteiger partial charge on any atom is -0.468 e. The van der Waals surface area contributed by atoms with Crippen LogP contribution in [0.4, 0.5) is 0 Å². The van der Waals surface area contributed by atoms with Gasteiger partial charge in [-0.2, -0.15) is 0 Å². The van der Waals surface area contributed by atoms with Gasteiger partial charge in [-0.25, -0.2) is 0 Å². The van der Waals surface area contributed by atoms with Gasteiger partial charge in [0.2, 0.25) is 0 Å². The summed E-state index contributed by atoms with van der Waals surface area (Å²) in [5, 5.41) is 6.93. The molecule has 14 heavy (non-hydrogen) atoms. The summed E-state index contributed by atoms with van der Waals surface area (Å²) in [5.74, 6) is 1.02. The maximum atomic E-state index is 5.33. The molecule has 0 amide bonds. The molecule has 0 aromatic carbocycles. The molecule has 1 aliphatic heterocycles. The third-order valence-corrected chi connectivity index (χ3v) is 2.80. The van der Waals surface area contributed by atoms with Crippen molar-refractivity contribution in [1.82, 2.24) is 10.6 Å². The molecule has 2 heterocycles. The summed E-state index contributed by atoms with van der Waals surface area (Å²) in [6.45, 7) is 4.33. The highest BCUT2D eigenvalue weighted by Crippen LogP contribution is 2.12.